The quantitative estimate of drug-likeness (QED) is 0.457. The van der Waals surface area contributed by atoms with E-state index in [-0.39, 0.29) is 23.6 Å². The molecule has 1 unspecified atom stereocenters. The molecule has 0 aromatic carbocycles. The summed E-state index contributed by atoms with van der Waals surface area (Å²) >= 11 is 0. The van der Waals surface area contributed by atoms with Gasteiger partial charge in [0.25, 0.3) is 0 Å². The fourth-order valence-electron chi connectivity index (χ4n) is 1.70. The molecule has 1 saturated heterocycles. The second-order valence-corrected chi connectivity index (χ2v) is 3.86. The van der Waals surface area contributed by atoms with Crippen molar-refractivity contribution in [2.75, 3.05) is 0 Å². The lowest BCUT2D eigenvalue weighted by Gasteiger charge is -2.31. The largest absolute Gasteiger partial charge is 0.760 e. The van der Waals surface area contributed by atoms with E-state index in [1.165, 1.54) is 0 Å². The van der Waals surface area contributed by atoms with Gasteiger partial charge in [-0.05, 0) is 11.8 Å². The molecule has 13 heavy (non-hydrogen) atoms. The van der Waals surface area contributed by atoms with Crippen LogP contribution in [0.15, 0.2) is 5.76 Å². The Hall–Kier alpha value is -1.08. The minimum Gasteiger partial charge on any atom is -0.760 e. The first-order valence-electron chi connectivity index (χ1n) is 4.54. The minimum atomic E-state index is -0.262. The van der Waals surface area contributed by atoms with Gasteiger partial charge in [-0.2, -0.15) is 0 Å². The first kappa shape index (κ1) is 10.0. The molecule has 1 fully saturated rings. The zero-order valence-electron chi connectivity index (χ0n) is 8.20. The number of esters is 1. The maximum absolute atomic E-state index is 11.3. The fourth-order valence-corrected chi connectivity index (χ4v) is 1.70. The summed E-state index contributed by atoms with van der Waals surface area (Å²) < 4.78 is 4.84. The Morgan fingerprint density at radius 1 is 1.62 bits per heavy atom. The van der Waals surface area contributed by atoms with E-state index in [0.29, 0.717) is 12.3 Å². The Morgan fingerprint density at radius 2 is 2.23 bits per heavy atom. The first-order valence-corrected chi connectivity index (χ1v) is 4.54. The Labute approximate surface area is 78.3 Å². The molecule has 1 heterocycles. The van der Waals surface area contributed by atoms with Gasteiger partial charge in [0.05, 0.1) is 5.92 Å². The van der Waals surface area contributed by atoms with E-state index in [2.05, 4.69) is 13.8 Å². The number of cyclic esters (lactones) is 1. The average Bonchev–Trinajstić information content (AvgIpc) is 2.09. The smallest absolute Gasteiger partial charge is 0.314 e. The van der Waals surface area contributed by atoms with Crippen molar-refractivity contribution in [2.24, 2.45) is 17.8 Å². The summed E-state index contributed by atoms with van der Waals surface area (Å²) in [7, 11) is 0. The molecular weight excluding hydrogens is 166 g/mol. The highest BCUT2D eigenvalue weighted by Crippen LogP contribution is 2.32. The number of ether oxygens (including phenoxy) is 1. The van der Waals surface area contributed by atoms with Crippen molar-refractivity contribution >= 4 is 11.8 Å². The van der Waals surface area contributed by atoms with Crippen molar-refractivity contribution in [3.05, 3.63) is 11.2 Å². The van der Waals surface area contributed by atoms with Gasteiger partial charge >= 0.3 is 5.97 Å². The van der Waals surface area contributed by atoms with Crippen LogP contribution in [0.1, 0.15) is 27.2 Å². The van der Waals surface area contributed by atoms with E-state index in [4.69, 9.17) is 10.1 Å². The van der Waals surface area contributed by atoms with E-state index >= 15 is 0 Å². The number of hydrogen-bond acceptors (Lipinski definition) is 2. The molecule has 0 aromatic rings. The van der Waals surface area contributed by atoms with E-state index in [1.807, 2.05) is 12.8 Å². The van der Waals surface area contributed by atoms with Gasteiger partial charge in [0.15, 0.2) is 0 Å². The van der Waals surface area contributed by atoms with Crippen LogP contribution in [0.25, 0.3) is 5.41 Å². The Morgan fingerprint density at radius 3 is 2.69 bits per heavy atom. The van der Waals surface area contributed by atoms with Gasteiger partial charge in [-0.1, -0.05) is 20.8 Å². The summed E-state index contributed by atoms with van der Waals surface area (Å²) in [5.41, 5.74) is 0. The molecular formula is C10H14NO2-. The lowest BCUT2D eigenvalue weighted by atomic mass is 9.80. The van der Waals surface area contributed by atoms with Gasteiger partial charge in [-0.25, -0.2) is 5.87 Å². The van der Waals surface area contributed by atoms with Crippen LogP contribution in [-0.4, -0.2) is 11.8 Å². The predicted octanol–water partition coefficient (Wildman–Crippen LogP) is 1.96. The summed E-state index contributed by atoms with van der Waals surface area (Å²) in [6.07, 6.45) is 0.598. The molecule has 1 aliphatic heterocycles. The van der Waals surface area contributed by atoms with E-state index in [9.17, 15) is 4.79 Å². The normalized spacial score (nSPS) is 28.6. The van der Waals surface area contributed by atoms with Crippen molar-refractivity contribution < 1.29 is 9.53 Å². The van der Waals surface area contributed by atoms with Crippen LogP contribution in [0.2, 0.25) is 0 Å². The minimum absolute atomic E-state index is 0.0860. The molecule has 3 heteroatoms. The number of allylic oxidation sites excluding steroid dienone is 1. The van der Waals surface area contributed by atoms with E-state index in [0.717, 1.165) is 0 Å². The number of hydrogen-bond donors (Lipinski definition) is 0. The first-order chi connectivity index (χ1) is 6.06. The number of carbonyl (C=O) groups is 1. The van der Waals surface area contributed by atoms with Crippen LogP contribution in [0, 0.1) is 17.8 Å². The highest BCUT2D eigenvalue weighted by atomic mass is 16.5. The molecule has 0 bridgehead atoms. The van der Waals surface area contributed by atoms with Crippen LogP contribution in [0.3, 0.4) is 0 Å². The third-order valence-corrected chi connectivity index (χ3v) is 2.64. The van der Waals surface area contributed by atoms with Gasteiger partial charge in [0, 0.05) is 6.42 Å². The Bertz CT molecular complexity index is 264. The summed E-state index contributed by atoms with van der Waals surface area (Å²) in [6.45, 7) is 5.99. The van der Waals surface area contributed by atoms with Crippen LogP contribution in [0.4, 0.5) is 0 Å². The van der Waals surface area contributed by atoms with Crippen LogP contribution < -0.4 is 0 Å². The predicted molar refractivity (Wildman–Crippen MR) is 50.1 cm³/mol. The maximum Gasteiger partial charge on any atom is 0.314 e. The van der Waals surface area contributed by atoms with Gasteiger partial charge in [-0.3, -0.25) is 4.79 Å². The van der Waals surface area contributed by atoms with E-state index in [1.54, 1.807) is 0 Å². The number of rotatable bonds is 1. The summed E-state index contributed by atoms with van der Waals surface area (Å²) in [4.78, 5) is 11.3. The SMILES string of the molecule is CC(C)[C@H]1CC(=C=[N-])OC(=O)C1C. The third kappa shape index (κ3) is 1.99. The summed E-state index contributed by atoms with van der Waals surface area (Å²) in [5.74, 6) is 2.49. The zero-order valence-corrected chi connectivity index (χ0v) is 8.20. The Kier molecular flexibility index (Phi) is 2.89. The second-order valence-electron chi connectivity index (χ2n) is 3.86. The average molecular weight is 180 g/mol. The number of nitrogens with zero attached hydrogens (tertiary/aromatic N) is 1. The molecule has 72 valence electrons. The highest BCUT2D eigenvalue weighted by Gasteiger charge is 2.33. The molecule has 0 radical (unpaired) electrons. The molecule has 2 atom stereocenters. The van der Waals surface area contributed by atoms with Crippen molar-refractivity contribution in [3.63, 3.8) is 0 Å². The lowest BCUT2D eigenvalue weighted by molar-refractivity contribution is -0.150. The molecule has 0 spiro atoms. The maximum atomic E-state index is 11.3. The van der Waals surface area contributed by atoms with Gasteiger partial charge in [0.1, 0.15) is 5.76 Å². The second kappa shape index (κ2) is 3.75. The van der Waals surface area contributed by atoms with Crippen molar-refractivity contribution in [1.82, 2.24) is 0 Å². The molecule has 1 aliphatic rings. The molecule has 0 aliphatic carbocycles. The topological polar surface area (TPSA) is 48.6 Å². The van der Waals surface area contributed by atoms with Crippen molar-refractivity contribution in [3.8, 4) is 0 Å². The van der Waals surface area contributed by atoms with Crippen molar-refractivity contribution in [2.45, 2.75) is 27.2 Å². The highest BCUT2D eigenvalue weighted by molar-refractivity contribution is 5.77. The zero-order chi connectivity index (χ0) is 10.0. The van der Waals surface area contributed by atoms with Gasteiger partial charge in [0.2, 0.25) is 0 Å². The molecule has 0 saturated carbocycles. The van der Waals surface area contributed by atoms with Crippen LogP contribution in [0.5, 0.6) is 0 Å². The van der Waals surface area contributed by atoms with Crippen LogP contribution >= 0.6 is 0 Å². The Balaban J connectivity index is 2.84. The molecule has 1 rings (SSSR count). The van der Waals surface area contributed by atoms with Gasteiger partial charge < -0.3 is 10.1 Å². The standard InChI is InChI=1S/C10H14NO2/c1-6(2)9-4-8(5-11)13-10(12)7(9)3/h6-7,9H,4H2,1-3H3/q-1/t7?,9-/m1/s1. The monoisotopic (exact) mass is 180 g/mol. The fraction of sp³-hybridized carbons (Fsp3) is 0.700. The molecule has 0 aromatic heterocycles. The molecule has 0 amide bonds. The molecule has 0 N–H and O–H groups in total. The lowest BCUT2D eigenvalue weighted by Crippen LogP contribution is -2.32. The number of carbonyl (C=O) groups excluding carboxylic acids is 1. The molecule has 3 nitrogen and oxygen atoms in total. The third-order valence-electron chi connectivity index (χ3n) is 2.64. The van der Waals surface area contributed by atoms with Crippen LogP contribution in [-0.2, 0) is 9.53 Å². The summed E-state index contributed by atoms with van der Waals surface area (Å²) in [6, 6.07) is 0. The summed E-state index contributed by atoms with van der Waals surface area (Å²) in [5, 5.41) is 8.63. The van der Waals surface area contributed by atoms with Gasteiger partial charge in [-0.15, -0.1) is 0 Å². The van der Waals surface area contributed by atoms with E-state index < -0.39 is 0 Å². The van der Waals surface area contributed by atoms with Crippen molar-refractivity contribution in [1.29, 1.82) is 0 Å².